The van der Waals surface area contributed by atoms with Crippen molar-refractivity contribution in [2.24, 2.45) is 0 Å². The first-order valence-corrected chi connectivity index (χ1v) is 9.22. The van der Waals surface area contributed by atoms with Gasteiger partial charge in [-0.15, -0.1) is 0 Å². The summed E-state index contributed by atoms with van der Waals surface area (Å²) in [5.74, 6) is 2.03. The summed E-state index contributed by atoms with van der Waals surface area (Å²) in [5.41, 5.74) is 0. The summed E-state index contributed by atoms with van der Waals surface area (Å²) in [5, 5.41) is 8.50. The second-order valence-corrected chi connectivity index (χ2v) is 6.52. The van der Waals surface area contributed by atoms with Gasteiger partial charge in [-0.1, -0.05) is 58.3 Å². The molecule has 0 saturated heterocycles. The van der Waals surface area contributed by atoms with Gasteiger partial charge in [-0.05, 0) is 30.8 Å². The molecule has 0 aromatic rings. The Hall–Kier alpha value is -0.180. The van der Waals surface area contributed by atoms with E-state index in [1.165, 1.54) is 69.3 Å². The topological polar surface area (TPSA) is 37.3 Å². The second-order valence-electron chi connectivity index (χ2n) is 5.29. The first kappa shape index (κ1) is 18.8. The van der Waals surface area contributed by atoms with E-state index in [9.17, 15) is 4.79 Å². The third-order valence-electron chi connectivity index (χ3n) is 3.32. The molecule has 0 aliphatic rings. The van der Waals surface area contributed by atoms with Gasteiger partial charge in [0.15, 0.2) is 0 Å². The van der Waals surface area contributed by atoms with E-state index in [1.807, 2.05) is 0 Å². The van der Waals surface area contributed by atoms with Crippen LogP contribution in [0.4, 0.5) is 0 Å². The Morgan fingerprint density at radius 3 is 1.79 bits per heavy atom. The summed E-state index contributed by atoms with van der Waals surface area (Å²) >= 11 is 2.11. The van der Waals surface area contributed by atoms with E-state index in [0.29, 0.717) is 6.42 Å². The largest absolute Gasteiger partial charge is 0.481 e. The molecule has 0 atom stereocenters. The molecule has 0 spiro atoms. The Morgan fingerprint density at radius 1 is 0.789 bits per heavy atom. The lowest BCUT2D eigenvalue weighted by atomic mass is 10.1. The van der Waals surface area contributed by atoms with Gasteiger partial charge in [0.1, 0.15) is 0 Å². The number of rotatable bonds is 15. The highest BCUT2D eigenvalue weighted by Gasteiger charge is 1.96. The zero-order valence-corrected chi connectivity index (χ0v) is 13.5. The predicted octanol–water partition coefficient (Wildman–Crippen LogP) is 5.51. The average Bonchev–Trinajstić information content (AvgIpc) is 2.39. The number of hydrogen-bond acceptors (Lipinski definition) is 2. The van der Waals surface area contributed by atoms with Gasteiger partial charge in [-0.3, -0.25) is 4.79 Å². The minimum absolute atomic E-state index is 0.343. The molecule has 0 amide bonds. The first-order valence-electron chi connectivity index (χ1n) is 8.07. The van der Waals surface area contributed by atoms with Gasteiger partial charge in [-0.25, -0.2) is 0 Å². The van der Waals surface area contributed by atoms with Crippen molar-refractivity contribution in [1.82, 2.24) is 0 Å². The first-order chi connectivity index (χ1) is 9.27. The van der Waals surface area contributed by atoms with Crippen molar-refractivity contribution in [3.8, 4) is 0 Å². The lowest BCUT2D eigenvalue weighted by molar-refractivity contribution is -0.137. The molecule has 114 valence electrons. The molecule has 0 aliphatic carbocycles. The van der Waals surface area contributed by atoms with Crippen LogP contribution in [0.25, 0.3) is 0 Å². The maximum atomic E-state index is 10.3. The number of unbranched alkanes of at least 4 members (excludes halogenated alkanes) is 9. The molecule has 0 aliphatic heterocycles. The van der Waals surface area contributed by atoms with Crippen LogP contribution in [0, 0.1) is 0 Å². The number of thioether (sulfide) groups is 1. The van der Waals surface area contributed by atoms with Gasteiger partial charge >= 0.3 is 5.97 Å². The van der Waals surface area contributed by atoms with E-state index in [1.54, 1.807) is 0 Å². The zero-order valence-electron chi connectivity index (χ0n) is 12.7. The van der Waals surface area contributed by atoms with Gasteiger partial charge < -0.3 is 5.11 Å². The summed E-state index contributed by atoms with van der Waals surface area (Å²) in [6, 6.07) is 0. The van der Waals surface area contributed by atoms with Crippen molar-refractivity contribution >= 4 is 17.7 Å². The van der Waals surface area contributed by atoms with E-state index < -0.39 is 5.97 Å². The molecule has 0 radical (unpaired) electrons. The smallest absolute Gasteiger partial charge is 0.303 e. The van der Waals surface area contributed by atoms with Crippen molar-refractivity contribution in [3.63, 3.8) is 0 Å². The van der Waals surface area contributed by atoms with Gasteiger partial charge in [0.25, 0.3) is 0 Å². The van der Waals surface area contributed by atoms with Crippen LogP contribution in [0.15, 0.2) is 0 Å². The molecule has 2 nitrogen and oxygen atoms in total. The van der Waals surface area contributed by atoms with Crippen molar-refractivity contribution in [1.29, 1.82) is 0 Å². The fourth-order valence-electron chi connectivity index (χ4n) is 2.07. The minimum atomic E-state index is -0.656. The number of carbonyl (C=O) groups is 1. The van der Waals surface area contributed by atoms with Gasteiger partial charge in [0, 0.05) is 6.42 Å². The maximum absolute atomic E-state index is 10.3. The second kappa shape index (κ2) is 15.9. The van der Waals surface area contributed by atoms with Crippen LogP contribution in [-0.4, -0.2) is 22.6 Å². The predicted molar refractivity (Wildman–Crippen MR) is 86.0 cm³/mol. The molecule has 19 heavy (non-hydrogen) atoms. The normalized spacial score (nSPS) is 10.8. The van der Waals surface area contributed by atoms with Crippen LogP contribution in [0.2, 0.25) is 0 Å². The quantitative estimate of drug-likeness (QED) is 0.404. The third-order valence-corrected chi connectivity index (χ3v) is 4.48. The number of aliphatic carboxylic acids is 1. The molecule has 1 N–H and O–H groups in total. The van der Waals surface area contributed by atoms with Crippen molar-refractivity contribution in [2.75, 3.05) is 11.5 Å². The fourth-order valence-corrected chi connectivity index (χ4v) is 3.17. The highest BCUT2D eigenvalue weighted by atomic mass is 32.2. The van der Waals surface area contributed by atoms with Crippen LogP contribution < -0.4 is 0 Å². The Morgan fingerprint density at radius 2 is 1.26 bits per heavy atom. The Bertz CT molecular complexity index is 195. The number of carboxylic acids is 1. The molecule has 0 aromatic carbocycles. The number of carboxylic acid groups (broad SMARTS) is 1. The minimum Gasteiger partial charge on any atom is -0.481 e. The summed E-state index contributed by atoms with van der Waals surface area (Å²) in [4.78, 5) is 10.3. The van der Waals surface area contributed by atoms with E-state index in [-0.39, 0.29) is 0 Å². The van der Waals surface area contributed by atoms with Crippen molar-refractivity contribution in [2.45, 2.75) is 84.0 Å². The fraction of sp³-hybridized carbons (Fsp3) is 0.938. The SMILES string of the molecule is CCCCSCCCCCCCCCCCC(=O)O. The van der Waals surface area contributed by atoms with Gasteiger partial charge in [0.05, 0.1) is 0 Å². The summed E-state index contributed by atoms with van der Waals surface area (Å²) in [7, 11) is 0. The standard InChI is InChI=1S/C16H32O2S/c1-2-3-14-19-15-12-10-8-6-4-5-7-9-11-13-16(17)18/h2-15H2,1H3,(H,17,18). The Labute approximate surface area is 123 Å². The molecular weight excluding hydrogens is 256 g/mol. The Balaban J connectivity index is 2.93. The lowest BCUT2D eigenvalue weighted by Gasteiger charge is -2.02. The highest BCUT2D eigenvalue weighted by molar-refractivity contribution is 7.99. The van der Waals surface area contributed by atoms with Crippen LogP contribution in [0.5, 0.6) is 0 Å². The average molecular weight is 288 g/mol. The van der Waals surface area contributed by atoms with Crippen molar-refractivity contribution in [3.05, 3.63) is 0 Å². The van der Waals surface area contributed by atoms with E-state index in [4.69, 9.17) is 5.11 Å². The van der Waals surface area contributed by atoms with Crippen LogP contribution in [0.1, 0.15) is 84.0 Å². The van der Waals surface area contributed by atoms with E-state index in [2.05, 4.69) is 18.7 Å². The van der Waals surface area contributed by atoms with Gasteiger partial charge in [-0.2, -0.15) is 11.8 Å². The maximum Gasteiger partial charge on any atom is 0.303 e. The number of hydrogen-bond donors (Lipinski definition) is 1. The third kappa shape index (κ3) is 17.8. The van der Waals surface area contributed by atoms with Gasteiger partial charge in [0.2, 0.25) is 0 Å². The molecule has 0 saturated carbocycles. The van der Waals surface area contributed by atoms with E-state index >= 15 is 0 Å². The highest BCUT2D eigenvalue weighted by Crippen LogP contribution is 2.13. The zero-order chi connectivity index (χ0) is 14.2. The molecule has 0 bridgehead atoms. The molecule has 3 heteroatoms. The summed E-state index contributed by atoms with van der Waals surface area (Å²) in [6.45, 7) is 2.25. The molecule has 0 aromatic heterocycles. The molecular formula is C16H32O2S. The molecule has 0 unspecified atom stereocenters. The van der Waals surface area contributed by atoms with E-state index in [0.717, 1.165) is 12.8 Å². The monoisotopic (exact) mass is 288 g/mol. The Kier molecular flexibility index (Phi) is 15.7. The summed E-state index contributed by atoms with van der Waals surface area (Å²) < 4.78 is 0. The molecule has 0 fully saturated rings. The van der Waals surface area contributed by atoms with Crippen LogP contribution in [-0.2, 0) is 4.79 Å². The molecule has 0 rings (SSSR count). The summed E-state index contributed by atoms with van der Waals surface area (Å²) in [6.07, 6.45) is 14.3. The van der Waals surface area contributed by atoms with Crippen LogP contribution in [0.3, 0.4) is 0 Å². The lowest BCUT2D eigenvalue weighted by Crippen LogP contribution is -1.93. The van der Waals surface area contributed by atoms with Crippen molar-refractivity contribution < 1.29 is 9.90 Å². The van der Waals surface area contributed by atoms with Crippen LogP contribution >= 0.6 is 11.8 Å². The molecule has 0 heterocycles.